The Labute approximate surface area is 201 Å². The topological polar surface area (TPSA) is 106 Å². The summed E-state index contributed by atoms with van der Waals surface area (Å²) in [5.74, 6) is -0.317. The Hall–Kier alpha value is -3.69. The molecule has 0 bridgehead atoms. The third kappa shape index (κ3) is 5.44. The number of anilines is 2. The zero-order valence-corrected chi connectivity index (χ0v) is 19.2. The van der Waals surface area contributed by atoms with Crippen LogP contribution in [0.5, 0.6) is 0 Å². The molecule has 0 aliphatic carbocycles. The summed E-state index contributed by atoms with van der Waals surface area (Å²) in [6.07, 6.45) is 4.47. The van der Waals surface area contributed by atoms with Gasteiger partial charge in [-0.15, -0.1) is 0 Å². The number of aromatic nitrogens is 2. The normalized spacial score (nSPS) is 17.4. The third-order valence-electron chi connectivity index (χ3n) is 5.46. The van der Waals surface area contributed by atoms with Crippen molar-refractivity contribution in [1.29, 1.82) is 0 Å². The summed E-state index contributed by atoms with van der Waals surface area (Å²) in [4.78, 5) is 43.3. The highest BCUT2D eigenvalue weighted by Gasteiger charge is 2.40. The van der Waals surface area contributed by atoms with Gasteiger partial charge in [-0.2, -0.15) is 0 Å². The Kier molecular flexibility index (Phi) is 7.24. The van der Waals surface area contributed by atoms with Crippen molar-refractivity contribution in [2.75, 3.05) is 23.8 Å². The van der Waals surface area contributed by atoms with Gasteiger partial charge in [0, 0.05) is 54.1 Å². The van der Waals surface area contributed by atoms with Gasteiger partial charge in [-0.3, -0.25) is 19.1 Å². The fourth-order valence-electron chi connectivity index (χ4n) is 3.85. The predicted octanol–water partition coefficient (Wildman–Crippen LogP) is 3.54. The van der Waals surface area contributed by atoms with E-state index in [1.807, 2.05) is 6.92 Å². The van der Waals surface area contributed by atoms with Crippen molar-refractivity contribution in [2.24, 2.45) is 0 Å². The van der Waals surface area contributed by atoms with E-state index in [-0.39, 0.29) is 17.6 Å². The quantitative estimate of drug-likeness (QED) is 0.560. The predicted molar refractivity (Wildman–Crippen MR) is 129 cm³/mol. The molecule has 2 atom stereocenters. The van der Waals surface area contributed by atoms with Crippen molar-refractivity contribution in [2.45, 2.75) is 25.5 Å². The van der Waals surface area contributed by atoms with E-state index in [2.05, 4.69) is 15.6 Å². The average molecular weight is 482 g/mol. The number of rotatable bonds is 6. The molecular formula is C24H24ClN5O4. The van der Waals surface area contributed by atoms with Gasteiger partial charge < -0.3 is 20.3 Å². The van der Waals surface area contributed by atoms with Crippen molar-refractivity contribution in [3.63, 3.8) is 0 Å². The second kappa shape index (κ2) is 10.5. The maximum absolute atomic E-state index is 13.1. The number of ether oxygens (including phenoxy) is 1. The smallest absolute Gasteiger partial charge is 0.322 e. The first kappa shape index (κ1) is 23.5. The molecule has 4 rings (SSSR count). The van der Waals surface area contributed by atoms with Crippen molar-refractivity contribution in [1.82, 2.24) is 14.5 Å². The molecule has 1 aliphatic rings. The number of carbonyl (C=O) groups excluding carboxylic acids is 2. The van der Waals surface area contributed by atoms with Crippen molar-refractivity contribution >= 4 is 34.9 Å². The fraction of sp³-hybridized carbons (Fsp3) is 0.250. The van der Waals surface area contributed by atoms with E-state index < -0.39 is 12.1 Å². The minimum atomic E-state index is -0.702. The summed E-state index contributed by atoms with van der Waals surface area (Å²) < 4.78 is 7.15. The summed E-state index contributed by atoms with van der Waals surface area (Å²) >= 11 is 5.91. The van der Waals surface area contributed by atoms with E-state index in [1.165, 1.54) is 21.9 Å². The first-order valence-electron chi connectivity index (χ1n) is 10.8. The number of halogens is 1. The van der Waals surface area contributed by atoms with Gasteiger partial charge in [-0.05, 0) is 55.5 Å². The van der Waals surface area contributed by atoms with Gasteiger partial charge in [-0.25, -0.2) is 4.79 Å². The van der Waals surface area contributed by atoms with Crippen LogP contribution in [-0.2, 0) is 9.53 Å². The van der Waals surface area contributed by atoms with Crippen LogP contribution in [0.4, 0.5) is 16.2 Å². The number of hydrogen-bond acceptors (Lipinski definition) is 5. The molecule has 1 aromatic heterocycles. The number of nitrogens with one attached hydrogen (secondary N) is 2. The largest absolute Gasteiger partial charge is 0.377 e. The minimum absolute atomic E-state index is 0.238. The average Bonchev–Trinajstić information content (AvgIpc) is 3.26. The van der Waals surface area contributed by atoms with Crippen molar-refractivity contribution in [3.8, 4) is 5.69 Å². The highest BCUT2D eigenvalue weighted by atomic mass is 35.5. The minimum Gasteiger partial charge on any atom is -0.377 e. The number of nitrogens with zero attached hydrogens (tertiary/aromatic N) is 3. The third-order valence-corrected chi connectivity index (χ3v) is 5.71. The number of amides is 3. The molecule has 10 heteroatoms. The summed E-state index contributed by atoms with van der Waals surface area (Å²) in [7, 11) is 0. The Balaban J connectivity index is 1.47. The van der Waals surface area contributed by atoms with Crippen molar-refractivity contribution in [3.05, 3.63) is 82.5 Å². The maximum Gasteiger partial charge on any atom is 0.322 e. The second-order valence-electron chi connectivity index (χ2n) is 7.74. The number of benzene rings is 2. The molecule has 3 aromatic rings. The lowest BCUT2D eigenvalue weighted by Gasteiger charge is -2.24. The molecule has 0 unspecified atom stereocenters. The summed E-state index contributed by atoms with van der Waals surface area (Å²) in [6, 6.07) is 12.5. The molecule has 0 spiro atoms. The second-order valence-corrected chi connectivity index (χ2v) is 8.18. The Morgan fingerprint density at radius 1 is 1.09 bits per heavy atom. The van der Waals surface area contributed by atoms with Gasteiger partial charge >= 0.3 is 6.03 Å². The van der Waals surface area contributed by atoms with Crippen LogP contribution in [0.3, 0.4) is 0 Å². The van der Waals surface area contributed by atoms with Gasteiger partial charge in [0.25, 0.3) is 5.56 Å². The SMILES string of the molecule is CCO[C@@H]1C[C@H](C(=O)Nc2ccc(-n3ccncc3=O)cc2)N(C(=O)Nc2ccc(Cl)cc2)C1. The van der Waals surface area contributed by atoms with Crippen LogP contribution < -0.4 is 16.2 Å². The molecule has 1 saturated heterocycles. The highest BCUT2D eigenvalue weighted by Crippen LogP contribution is 2.24. The van der Waals surface area contributed by atoms with Gasteiger partial charge in [0.05, 0.1) is 12.3 Å². The van der Waals surface area contributed by atoms with Crippen LogP contribution in [0.25, 0.3) is 5.69 Å². The Morgan fingerprint density at radius 2 is 1.76 bits per heavy atom. The van der Waals surface area contributed by atoms with Gasteiger partial charge in [-0.1, -0.05) is 11.6 Å². The molecule has 9 nitrogen and oxygen atoms in total. The highest BCUT2D eigenvalue weighted by molar-refractivity contribution is 6.30. The standard InChI is InChI=1S/C24H24ClN5O4/c1-2-34-20-13-21(30(15-20)24(33)28-18-5-3-16(25)4-6-18)23(32)27-17-7-9-19(10-8-17)29-12-11-26-14-22(29)31/h3-12,14,20-21H,2,13,15H2,1H3,(H,27,32)(H,28,33)/t20-,21-/m1/s1. The number of urea groups is 1. The molecule has 1 aliphatic heterocycles. The Bertz CT molecular complexity index is 1210. The lowest BCUT2D eigenvalue weighted by Crippen LogP contribution is -2.45. The molecule has 34 heavy (non-hydrogen) atoms. The van der Waals surface area contributed by atoms with E-state index in [0.717, 1.165) is 0 Å². The van der Waals surface area contributed by atoms with Gasteiger partial charge in [0.2, 0.25) is 5.91 Å². The lowest BCUT2D eigenvalue weighted by atomic mass is 10.1. The van der Waals surface area contributed by atoms with Gasteiger partial charge in [0.1, 0.15) is 6.04 Å². The summed E-state index contributed by atoms with van der Waals surface area (Å²) in [5, 5.41) is 6.23. The van der Waals surface area contributed by atoms with Crippen LogP contribution in [0, 0.1) is 0 Å². The zero-order chi connectivity index (χ0) is 24.1. The van der Waals surface area contributed by atoms with Crippen LogP contribution in [0.15, 0.2) is 71.9 Å². The molecule has 2 N–H and O–H groups in total. The molecule has 0 radical (unpaired) electrons. The summed E-state index contributed by atoms with van der Waals surface area (Å²) in [5.41, 5.74) is 1.52. The molecular weight excluding hydrogens is 458 g/mol. The zero-order valence-electron chi connectivity index (χ0n) is 18.5. The molecule has 2 aromatic carbocycles. The van der Waals surface area contributed by atoms with Crippen molar-refractivity contribution < 1.29 is 14.3 Å². The molecule has 0 saturated carbocycles. The number of likely N-dealkylation sites (tertiary alicyclic amines) is 1. The van der Waals surface area contributed by atoms with Gasteiger partial charge in [0.15, 0.2) is 0 Å². The summed E-state index contributed by atoms with van der Waals surface area (Å²) in [6.45, 7) is 2.66. The van der Waals surface area contributed by atoms with E-state index >= 15 is 0 Å². The van der Waals surface area contributed by atoms with Crippen LogP contribution in [0.2, 0.25) is 5.02 Å². The maximum atomic E-state index is 13.1. The van der Waals surface area contributed by atoms with E-state index in [1.54, 1.807) is 54.7 Å². The number of hydrogen-bond donors (Lipinski definition) is 2. The van der Waals surface area contributed by atoms with Crippen LogP contribution >= 0.6 is 11.6 Å². The fourth-order valence-corrected chi connectivity index (χ4v) is 3.97. The Morgan fingerprint density at radius 3 is 2.44 bits per heavy atom. The first-order valence-corrected chi connectivity index (χ1v) is 11.2. The van der Waals surface area contributed by atoms with Crippen LogP contribution in [0.1, 0.15) is 13.3 Å². The number of carbonyl (C=O) groups is 2. The van der Waals surface area contributed by atoms with E-state index in [9.17, 15) is 14.4 Å². The first-order chi connectivity index (χ1) is 16.4. The monoisotopic (exact) mass is 481 g/mol. The van der Waals surface area contributed by atoms with E-state index in [0.29, 0.717) is 41.7 Å². The molecule has 1 fully saturated rings. The molecule has 2 heterocycles. The lowest BCUT2D eigenvalue weighted by molar-refractivity contribution is -0.119. The van der Waals surface area contributed by atoms with Crippen LogP contribution in [-0.4, -0.2) is 51.7 Å². The molecule has 176 valence electrons. The van der Waals surface area contributed by atoms with E-state index in [4.69, 9.17) is 16.3 Å². The molecule has 3 amide bonds.